The van der Waals surface area contributed by atoms with Gasteiger partial charge in [-0.3, -0.25) is 24.6 Å². The summed E-state index contributed by atoms with van der Waals surface area (Å²) in [5, 5.41) is 11.7. The first-order valence-corrected chi connectivity index (χ1v) is 16.2. The van der Waals surface area contributed by atoms with Crippen molar-refractivity contribution in [3.05, 3.63) is 82.1 Å². The molecule has 1 aliphatic rings. The Morgan fingerprint density at radius 2 is 1.70 bits per heavy atom. The summed E-state index contributed by atoms with van der Waals surface area (Å²) in [6.07, 6.45) is 3.52. The number of rotatable bonds is 10. The molecule has 1 atom stereocenters. The summed E-state index contributed by atoms with van der Waals surface area (Å²) in [5.41, 5.74) is 10.1. The van der Waals surface area contributed by atoms with E-state index >= 15 is 0 Å². The van der Waals surface area contributed by atoms with Gasteiger partial charge in [0.1, 0.15) is 6.04 Å². The zero-order chi connectivity index (χ0) is 31.4. The molecule has 1 fully saturated rings. The van der Waals surface area contributed by atoms with E-state index in [0.717, 1.165) is 47.9 Å². The Kier molecular flexibility index (Phi) is 9.33. The molecule has 1 aliphatic carbocycles. The number of fused-ring (bicyclic) bond motifs is 1. The van der Waals surface area contributed by atoms with Gasteiger partial charge in [-0.2, -0.15) is 0 Å². The average Bonchev–Trinajstić information content (AvgIpc) is 3.40. The first kappa shape index (κ1) is 31.2. The molecule has 0 saturated heterocycles. The lowest BCUT2D eigenvalue weighted by molar-refractivity contribution is -0.130. The number of carbonyl (C=O) groups excluding carboxylic acids is 2. The number of aromatic amines is 2. The zero-order valence-electron chi connectivity index (χ0n) is 24.8. The van der Waals surface area contributed by atoms with Crippen molar-refractivity contribution in [2.75, 3.05) is 18.9 Å². The lowest BCUT2D eigenvalue weighted by Gasteiger charge is -2.28. The molecule has 11 nitrogen and oxygen atoms in total. The molecule has 0 aliphatic heterocycles. The van der Waals surface area contributed by atoms with E-state index in [4.69, 9.17) is 5.73 Å². The van der Waals surface area contributed by atoms with Crippen LogP contribution in [-0.4, -0.2) is 50.1 Å². The highest BCUT2D eigenvalue weighted by atomic mass is 32.2. The Balaban J connectivity index is 1.34. The maximum absolute atomic E-state index is 13.6. The Morgan fingerprint density at radius 3 is 2.36 bits per heavy atom. The predicted molar refractivity (Wildman–Crippen MR) is 171 cm³/mol. The van der Waals surface area contributed by atoms with Crippen molar-refractivity contribution < 1.29 is 18.0 Å². The number of hydrogen-bond donors (Lipinski definition) is 6. The molecule has 1 aromatic heterocycles. The maximum atomic E-state index is 13.6. The highest BCUT2D eigenvalue weighted by molar-refractivity contribution is 7.89. The molecule has 7 N–H and O–H groups in total. The molecule has 2 amide bonds. The second-order valence-electron chi connectivity index (χ2n) is 11.4. The van der Waals surface area contributed by atoms with Crippen LogP contribution in [0.4, 0.5) is 5.69 Å². The third-order valence-electron chi connectivity index (χ3n) is 8.51. The van der Waals surface area contributed by atoms with Crippen LogP contribution in [0.2, 0.25) is 0 Å². The second-order valence-corrected chi connectivity index (χ2v) is 13.3. The first-order chi connectivity index (χ1) is 21.1. The van der Waals surface area contributed by atoms with Crippen LogP contribution in [0, 0.1) is 18.8 Å². The van der Waals surface area contributed by atoms with Gasteiger partial charge in [0.25, 0.3) is 5.56 Å². The number of benzene rings is 3. The zero-order valence-corrected chi connectivity index (χ0v) is 25.6. The van der Waals surface area contributed by atoms with Crippen molar-refractivity contribution in [2.45, 2.75) is 50.0 Å². The number of carbonyl (C=O) groups is 2. The number of aryl methyl sites for hydroxylation is 1. The second kappa shape index (κ2) is 13.2. The van der Waals surface area contributed by atoms with E-state index in [1.165, 1.54) is 7.05 Å². The van der Waals surface area contributed by atoms with E-state index in [-0.39, 0.29) is 34.6 Å². The van der Waals surface area contributed by atoms with E-state index in [1.807, 2.05) is 31.2 Å². The van der Waals surface area contributed by atoms with Crippen molar-refractivity contribution in [3.63, 3.8) is 0 Å². The molecule has 0 radical (unpaired) electrons. The van der Waals surface area contributed by atoms with Crippen molar-refractivity contribution >= 4 is 38.4 Å². The van der Waals surface area contributed by atoms with Gasteiger partial charge >= 0.3 is 0 Å². The van der Waals surface area contributed by atoms with Gasteiger partial charge in [-0.25, -0.2) is 13.1 Å². The van der Waals surface area contributed by atoms with E-state index in [9.17, 15) is 22.8 Å². The molecule has 0 bridgehead atoms. The van der Waals surface area contributed by atoms with Gasteiger partial charge in [-0.1, -0.05) is 30.3 Å². The van der Waals surface area contributed by atoms with Crippen molar-refractivity contribution in [1.82, 2.24) is 20.2 Å². The number of amides is 2. The van der Waals surface area contributed by atoms with Gasteiger partial charge in [0.15, 0.2) is 0 Å². The van der Waals surface area contributed by atoms with Gasteiger partial charge < -0.3 is 16.4 Å². The largest absolute Gasteiger partial charge is 0.344 e. The van der Waals surface area contributed by atoms with Crippen molar-refractivity contribution in [1.29, 1.82) is 0 Å². The van der Waals surface area contributed by atoms with Gasteiger partial charge in [-0.05, 0) is 105 Å². The average molecular weight is 619 g/mol. The minimum absolute atomic E-state index is 0.144. The number of anilines is 1. The van der Waals surface area contributed by atoms with Crippen LogP contribution in [0.3, 0.4) is 0 Å². The van der Waals surface area contributed by atoms with Crippen LogP contribution >= 0.6 is 0 Å². The third-order valence-corrected chi connectivity index (χ3v) is 9.92. The fraction of sp³-hybridized carbons (Fsp3) is 0.344. The molecular formula is C32H38N6O5S. The standard InChI is InChI=1S/C32H38N6O5S/c1-19-15-25(44(42,43)34-2)12-14-26(19)22-7-3-20(4-8-22)16-29(36-30(39)23-9-5-21(18-33)6-10-23)32(41)35-24-11-13-27-28(17-24)37-38-31(27)40/h3-4,7-8,11-15,17,21,23,29,34H,5-6,9-10,16,18,33H2,1-2H3,(H,35,41)(H,36,39)(H2,37,38,40)/t21-,23-,29-/m0/s1. The smallest absolute Gasteiger partial charge is 0.271 e. The van der Waals surface area contributed by atoms with Crippen LogP contribution in [0.5, 0.6) is 0 Å². The highest BCUT2D eigenvalue weighted by Gasteiger charge is 2.29. The molecule has 4 aromatic rings. The molecule has 5 rings (SSSR count). The van der Waals surface area contributed by atoms with Crippen LogP contribution in [0.25, 0.3) is 22.0 Å². The van der Waals surface area contributed by atoms with Gasteiger partial charge in [0.05, 0.1) is 15.8 Å². The van der Waals surface area contributed by atoms with E-state index in [0.29, 0.717) is 29.1 Å². The van der Waals surface area contributed by atoms with Gasteiger partial charge in [-0.15, -0.1) is 0 Å². The lowest BCUT2D eigenvalue weighted by atomic mass is 9.81. The maximum Gasteiger partial charge on any atom is 0.271 e. The number of nitrogens with two attached hydrogens (primary N) is 1. The summed E-state index contributed by atoms with van der Waals surface area (Å²) in [7, 11) is -2.17. The molecule has 1 saturated carbocycles. The molecule has 1 heterocycles. The Hall–Kier alpha value is -4.26. The molecule has 3 aromatic carbocycles. The number of nitrogens with one attached hydrogen (secondary N) is 5. The summed E-state index contributed by atoms with van der Waals surface area (Å²) in [6, 6.07) is 16.7. The van der Waals surface area contributed by atoms with E-state index in [1.54, 1.807) is 36.4 Å². The Labute approximate surface area is 256 Å². The van der Waals surface area contributed by atoms with E-state index < -0.39 is 16.1 Å². The quantitative estimate of drug-likeness (QED) is 0.159. The fourth-order valence-electron chi connectivity index (χ4n) is 5.80. The topological polar surface area (TPSA) is 179 Å². The first-order valence-electron chi connectivity index (χ1n) is 14.7. The summed E-state index contributed by atoms with van der Waals surface area (Å²) in [5.74, 6) is -0.254. The minimum atomic E-state index is -3.55. The SMILES string of the molecule is CNS(=O)(=O)c1ccc(-c2ccc(C[C@H](NC(=O)[C@H]3CC[C@H](CN)CC3)C(=O)Nc3ccc4c(=O)[nH][nH]c4c3)cc2)c(C)c1. The molecular weight excluding hydrogens is 580 g/mol. The number of H-pyrrole nitrogens is 2. The normalized spacial score (nSPS) is 17.7. The predicted octanol–water partition coefficient (Wildman–Crippen LogP) is 3.17. The van der Waals surface area contributed by atoms with Gasteiger partial charge in [0.2, 0.25) is 21.8 Å². The summed E-state index contributed by atoms with van der Waals surface area (Å²) < 4.78 is 26.7. The lowest BCUT2D eigenvalue weighted by Crippen LogP contribution is -2.48. The van der Waals surface area contributed by atoms with Crippen LogP contribution < -0.4 is 26.6 Å². The fourth-order valence-corrected chi connectivity index (χ4v) is 6.62. The molecule has 0 spiro atoms. The van der Waals surface area contributed by atoms with Crippen LogP contribution in [0.15, 0.2) is 70.4 Å². The monoisotopic (exact) mass is 618 g/mol. The summed E-state index contributed by atoms with van der Waals surface area (Å²) in [4.78, 5) is 39.0. The molecule has 232 valence electrons. The highest BCUT2D eigenvalue weighted by Crippen LogP contribution is 2.29. The minimum Gasteiger partial charge on any atom is -0.344 e. The summed E-state index contributed by atoms with van der Waals surface area (Å²) in [6.45, 7) is 2.47. The number of aromatic nitrogens is 2. The van der Waals surface area contributed by atoms with Crippen molar-refractivity contribution in [3.8, 4) is 11.1 Å². The number of sulfonamides is 1. The van der Waals surface area contributed by atoms with Crippen molar-refractivity contribution in [2.24, 2.45) is 17.6 Å². The molecule has 0 unspecified atom stereocenters. The Bertz CT molecular complexity index is 1820. The molecule has 44 heavy (non-hydrogen) atoms. The van der Waals surface area contributed by atoms with Gasteiger partial charge in [0, 0.05) is 18.0 Å². The van der Waals surface area contributed by atoms with E-state index in [2.05, 4.69) is 25.6 Å². The Morgan fingerprint density at radius 1 is 0.977 bits per heavy atom. The third kappa shape index (κ3) is 6.93. The molecule has 12 heteroatoms. The summed E-state index contributed by atoms with van der Waals surface area (Å²) >= 11 is 0. The van der Waals surface area contributed by atoms with Crippen LogP contribution in [-0.2, 0) is 26.0 Å². The number of hydrogen-bond acceptors (Lipinski definition) is 6. The van der Waals surface area contributed by atoms with Crippen LogP contribution in [0.1, 0.15) is 36.8 Å².